The third-order valence-corrected chi connectivity index (χ3v) is 6.92. The third-order valence-electron chi connectivity index (χ3n) is 6.92. The number of carbonyl (C=O) groups is 2. The number of esters is 1. The fourth-order valence-electron chi connectivity index (χ4n) is 5.06. The van der Waals surface area contributed by atoms with E-state index in [0.717, 1.165) is 41.8 Å². The van der Waals surface area contributed by atoms with E-state index in [9.17, 15) is 9.59 Å². The number of benzene rings is 2. The van der Waals surface area contributed by atoms with Crippen LogP contribution in [-0.2, 0) is 14.3 Å². The molecular weight excluding hydrogens is 458 g/mol. The van der Waals surface area contributed by atoms with Gasteiger partial charge < -0.3 is 14.2 Å². The van der Waals surface area contributed by atoms with Crippen molar-refractivity contribution in [2.45, 2.75) is 39.2 Å². The summed E-state index contributed by atoms with van der Waals surface area (Å²) < 4.78 is 16.2. The maximum Gasteiger partial charge on any atom is 0.310 e. The average molecular weight is 494 g/mol. The van der Waals surface area contributed by atoms with E-state index in [-0.39, 0.29) is 30.4 Å². The number of carbonyl (C=O) groups excluding carboxylic acids is 2. The van der Waals surface area contributed by atoms with Gasteiger partial charge in [-0.25, -0.2) is 5.01 Å². The molecule has 0 radical (unpaired) electrons. The molecule has 1 saturated heterocycles. The number of hydrazone groups is 1. The molecule has 1 amide bonds. The van der Waals surface area contributed by atoms with Gasteiger partial charge in [0.2, 0.25) is 0 Å². The van der Waals surface area contributed by atoms with Crippen LogP contribution in [-0.4, -0.2) is 68.0 Å². The fourth-order valence-corrected chi connectivity index (χ4v) is 5.06. The first kappa shape index (κ1) is 25.7. The Morgan fingerprint density at radius 3 is 2.64 bits per heavy atom. The number of ether oxygens (including phenoxy) is 3. The molecule has 192 valence electrons. The van der Waals surface area contributed by atoms with Gasteiger partial charge >= 0.3 is 5.97 Å². The molecule has 2 aliphatic rings. The van der Waals surface area contributed by atoms with Crippen molar-refractivity contribution in [1.29, 1.82) is 0 Å². The average Bonchev–Trinajstić information content (AvgIpc) is 3.34. The van der Waals surface area contributed by atoms with Crippen molar-refractivity contribution in [3.63, 3.8) is 0 Å². The number of nitrogens with zero attached hydrogens (tertiary/aromatic N) is 3. The van der Waals surface area contributed by atoms with E-state index in [1.807, 2.05) is 42.2 Å². The van der Waals surface area contributed by atoms with Crippen molar-refractivity contribution in [1.82, 2.24) is 9.91 Å². The minimum atomic E-state index is -0.217. The van der Waals surface area contributed by atoms with Gasteiger partial charge in [-0.1, -0.05) is 24.3 Å². The van der Waals surface area contributed by atoms with Crippen molar-refractivity contribution in [3.05, 3.63) is 59.2 Å². The molecule has 0 aromatic heterocycles. The lowest BCUT2D eigenvalue weighted by molar-refractivity contribution is -0.150. The summed E-state index contributed by atoms with van der Waals surface area (Å²) >= 11 is 0. The quantitative estimate of drug-likeness (QED) is 0.518. The molecule has 36 heavy (non-hydrogen) atoms. The molecule has 2 heterocycles. The lowest BCUT2D eigenvalue weighted by Crippen LogP contribution is -2.44. The molecule has 0 unspecified atom stereocenters. The van der Waals surface area contributed by atoms with Crippen LogP contribution in [0.25, 0.3) is 0 Å². The van der Waals surface area contributed by atoms with E-state index in [0.29, 0.717) is 31.1 Å². The number of piperidine rings is 1. The topological polar surface area (TPSA) is 80.7 Å². The second-order valence-corrected chi connectivity index (χ2v) is 9.25. The molecule has 2 aliphatic heterocycles. The van der Waals surface area contributed by atoms with Crippen molar-refractivity contribution >= 4 is 17.6 Å². The summed E-state index contributed by atoms with van der Waals surface area (Å²) in [5.41, 5.74) is 3.81. The van der Waals surface area contributed by atoms with Crippen LogP contribution in [0.15, 0.2) is 47.6 Å². The zero-order valence-corrected chi connectivity index (χ0v) is 21.5. The number of methoxy groups -OCH3 is 2. The minimum absolute atomic E-state index is 0.0877. The van der Waals surface area contributed by atoms with E-state index >= 15 is 0 Å². The van der Waals surface area contributed by atoms with E-state index in [1.165, 1.54) is 0 Å². The largest absolute Gasteiger partial charge is 0.497 e. The predicted octanol–water partition coefficient (Wildman–Crippen LogP) is 3.97. The van der Waals surface area contributed by atoms with Crippen molar-refractivity contribution < 1.29 is 23.8 Å². The van der Waals surface area contributed by atoms with Gasteiger partial charge in [-0.2, -0.15) is 5.10 Å². The lowest BCUT2D eigenvalue weighted by Gasteiger charge is -2.32. The van der Waals surface area contributed by atoms with Crippen LogP contribution >= 0.6 is 0 Å². The number of amides is 1. The Hall–Kier alpha value is -3.39. The molecule has 8 nitrogen and oxygen atoms in total. The van der Waals surface area contributed by atoms with Gasteiger partial charge in [0.15, 0.2) is 0 Å². The molecule has 0 aliphatic carbocycles. The summed E-state index contributed by atoms with van der Waals surface area (Å²) in [6.07, 6.45) is 2.22. The van der Waals surface area contributed by atoms with E-state index in [4.69, 9.17) is 19.3 Å². The fraction of sp³-hybridized carbons (Fsp3) is 0.464. The first-order chi connectivity index (χ1) is 17.4. The predicted molar refractivity (Wildman–Crippen MR) is 137 cm³/mol. The molecule has 4 rings (SSSR count). The Balaban J connectivity index is 1.60. The molecule has 8 heteroatoms. The van der Waals surface area contributed by atoms with Gasteiger partial charge in [0.1, 0.15) is 11.5 Å². The Kier molecular flexibility index (Phi) is 8.25. The summed E-state index contributed by atoms with van der Waals surface area (Å²) in [5.74, 6) is 0.883. The minimum Gasteiger partial charge on any atom is -0.497 e. The molecule has 0 saturated carbocycles. The third kappa shape index (κ3) is 5.54. The summed E-state index contributed by atoms with van der Waals surface area (Å²) in [7, 11) is 3.23. The second kappa shape index (κ2) is 11.6. The van der Waals surface area contributed by atoms with Crippen LogP contribution < -0.4 is 9.47 Å². The van der Waals surface area contributed by atoms with Crippen LogP contribution in [0.1, 0.15) is 48.9 Å². The highest BCUT2D eigenvalue weighted by Gasteiger charge is 2.36. The molecule has 2 aromatic carbocycles. The first-order valence-electron chi connectivity index (χ1n) is 12.5. The van der Waals surface area contributed by atoms with Crippen LogP contribution in [0.2, 0.25) is 0 Å². The highest BCUT2D eigenvalue weighted by molar-refractivity contribution is 6.05. The Morgan fingerprint density at radius 2 is 1.92 bits per heavy atom. The van der Waals surface area contributed by atoms with Crippen LogP contribution in [0.4, 0.5) is 0 Å². The molecule has 2 aromatic rings. The molecular formula is C28H35N3O5. The van der Waals surface area contributed by atoms with Crippen molar-refractivity contribution in [2.75, 3.05) is 40.5 Å². The van der Waals surface area contributed by atoms with E-state index in [1.54, 1.807) is 19.2 Å². The maximum absolute atomic E-state index is 13.7. The lowest BCUT2D eigenvalue weighted by atomic mass is 9.94. The van der Waals surface area contributed by atoms with Gasteiger partial charge in [0.25, 0.3) is 5.91 Å². The summed E-state index contributed by atoms with van der Waals surface area (Å²) in [4.78, 5) is 28.0. The van der Waals surface area contributed by atoms with E-state index in [2.05, 4.69) is 19.1 Å². The Bertz CT molecular complexity index is 1130. The highest BCUT2D eigenvalue weighted by atomic mass is 16.5. The SMILES string of the molecule is CCOC(=O)[C@@H]1CCCN(CC(=O)N2N=C(c3ccc(OC)cc3OC)C[C@@H]2c2ccccc2C)C1. The van der Waals surface area contributed by atoms with Gasteiger partial charge in [0, 0.05) is 24.6 Å². The van der Waals surface area contributed by atoms with Crippen LogP contribution in [0, 0.1) is 12.8 Å². The monoisotopic (exact) mass is 493 g/mol. The summed E-state index contributed by atoms with van der Waals surface area (Å²) in [5, 5.41) is 6.45. The molecule has 1 fully saturated rings. The van der Waals surface area contributed by atoms with Crippen molar-refractivity contribution in [2.24, 2.45) is 11.0 Å². The van der Waals surface area contributed by atoms with Crippen LogP contribution in [0.3, 0.4) is 0 Å². The molecule has 0 spiro atoms. The number of hydrogen-bond acceptors (Lipinski definition) is 7. The standard InChI is InChI=1S/C28H35N3O5/c1-5-36-28(33)20-10-8-14-30(17-20)18-27(32)31-25(22-11-7-6-9-19(22)2)16-24(29-31)23-13-12-21(34-3)15-26(23)35-4/h6-7,9,11-13,15,20,25H,5,8,10,14,16-18H2,1-4H3/t20-,25-/m1/s1. The summed E-state index contributed by atoms with van der Waals surface area (Å²) in [6.45, 7) is 5.73. The Labute approximate surface area is 212 Å². The summed E-state index contributed by atoms with van der Waals surface area (Å²) in [6, 6.07) is 13.5. The zero-order valence-electron chi connectivity index (χ0n) is 21.5. The number of hydrogen-bond donors (Lipinski definition) is 0. The highest BCUT2D eigenvalue weighted by Crippen LogP contribution is 2.37. The van der Waals surface area contributed by atoms with Crippen molar-refractivity contribution in [3.8, 4) is 11.5 Å². The van der Waals surface area contributed by atoms with Gasteiger partial charge in [-0.3, -0.25) is 14.5 Å². The van der Waals surface area contributed by atoms with E-state index < -0.39 is 0 Å². The first-order valence-corrected chi connectivity index (χ1v) is 12.5. The maximum atomic E-state index is 13.7. The van der Waals surface area contributed by atoms with Crippen LogP contribution in [0.5, 0.6) is 11.5 Å². The Morgan fingerprint density at radius 1 is 1.11 bits per heavy atom. The van der Waals surface area contributed by atoms with Gasteiger partial charge in [-0.05, 0) is 56.5 Å². The van der Waals surface area contributed by atoms with Gasteiger partial charge in [0.05, 0.1) is 45.0 Å². The zero-order chi connectivity index (χ0) is 25.7. The number of likely N-dealkylation sites (tertiary alicyclic amines) is 1. The molecule has 0 bridgehead atoms. The van der Waals surface area contributed by atoms with Gasteiger partial charge in [-0.15, -0.1) is 0 Å². The second-order valence-electron chi connectivity index (χ2n) is 9.25. The number of rotatable bonds is 8. The number of aryl methyl sites for hydroxylation is 1. The normalized spacial score (nSPS) is 20.1. The smallest absolute Gasteiger partial charge is 0.310 e. The molecule has 0 N–H and O–H groups in total. The molecule has 2 atom stereocenters.